The molecule has 7 nitrogen and oxygen atoms in total. The Hall–Kier alpha value is -2.45. The van der Waals surface area contributed by atoms with Crippen LogP contribution in [0.15, 0.2) is 29.6 Å². The van der Waals surface area contributed by atoms with E-state index in [-0.39, 0.29) is 18.1 Å². The Bertz CT molecular complexity index is 791. The first kappa shape index (κ1) is 18.9. The standard InChI is InChI=1S/C16H16ClN3O4S/c1-20(2)14(22)7-18-13(21)8-24-16(23)12-9-25-15(19-12)10-4-3-5-11(17)6-10/h3-6,9H,7-8H2,1-2H3,(H,18,21). The second kappa shape index (κ2) is 8.59. The number of nitrogens with one attached hydrogen (secondary N) is 1. The van der Waals surface area contributed by atoms with Crippen molar-refractivity contribution in [3.63, 3.8) is 0 Å². The average molecular weight is 382 g/mol. The highest BCUT2D eigenvalue weighted by Crippen LogP contribution is 2.26. The fourth-order valence-corrected chi connectivity index (χ4v) is 2.69. The molecule has 2 rings (SSSR count). The van der Waals surface area contributed by atoms with Crippen molar-refractivity contribution < 1.29 is 19.1 Å². The van der Waals surface area contributed by atoms with Crippen molar-refractivity contribution in [3.05, 3.63) is 40.4 Å². The molecule has 0 aliphatic heterocycles. The Morgan fingerprint density at radius 1 is 1.32 bits per heavy atom. The summed E-state index contributed by atoms with van der Waals surface area (Å²) in [6.07, 6.45) is 0. The zero-order valence-electron chi connectivity index (χ0n) is 13.6. The molecule has 0 saturated heterocycles. The van der Waals surface area contributed by atoms with Gasteiger partial charge in [-0.25, -0.2) is 9.78 Å². The number of carbonyl (C=O) groups is 3. The maximum Gasteiger partial charge on any atom is 0.358 e. The second-order valence-corrected chi connectivity index (χ2v) is 6.48. The van der Waals surface area contributed by atoms with Crippen LogP contribution in [0.1, 0.15) is 10.5 Å². The van der Waals surface area contributed by atoms with E-state index in [1.807, 2.05) is 6.07 Å². The van der Waals surface area contributed by atoms with E-state index in [4.69, 9.17) is 16.3 Å². The second-order valence-electron chi connectivity index (χ2n) is 5.19. The van der Waals surface area contributed by atoms with Crippen LogP contribution in [0, 0.1) is 0 Å². The van der Waals surface area contributed by atoms with Gasteiger partial charge in [-0.05, 0) is 12.1 Å². The quantitative estimate of drug-likeness (QED) is 0.771. The van der Waals surface area contributed by atoms with E-state index in [0.29, 0.717) is 10.0 Å². The molecule has 0 fully saturated rings. The molecular weight excluding hydrogens is 366 g/mol. The van der Waals surface area contributed by atoms with Crippen LogP contribution >= 0.6 is 22.9 Å². The van der Waals surface area contributed by atoms with Crippen LogP contribution in [0.25, 0.3) is 10.6 Å². The van der Waals surface area contributed by atoms with E-state index in [2.05, 4.69) is 10.3 Å². The van der Waals surface area contributed by atoms with Gasteiger partial charge in [-0.1, -0.05) is 23.7 Å². The first-order valence-corrected chi connectivity index (χ1v) is 8.48. The highest BCUT2D eigenvalue weighted by atomic mass is 35.5. The summed E-state index contributed by atoms with van der Waals surface area (Å²) in [4.78, 5) is 40.4. The summed E-state index contributed by atoms with van der Waals surface area (Å²) >= 11 is 7.20. The molecule has 0 radical (unpaired) electrons. The molecule has 0 aliphatic rings. The van der Waals surface area contributed by atoms with E-state index < -0.39 is 18.5 Å². The molecule has 1 aromatic carbocycles. The number of rotatable bonds is 6. The molecule has 0 saturated carbocycles. The van der Waals surface area contributed by atoms with Gasteiger partial charge in [-0.2, -0.15) is 0 Å². The minimum atomic E-state index is -0.710. The number of thiazole rings is 1. The third kappa shape index (κ3) is 5.54. The van der Waals surface area contributed by atoms with E-state index in [9.17, 15) is 14.4 Å². The number of esters is 1. The largest absolute Gasteiger partial charge is 0.451 e. The van der Waals surface area contributed by atoms with Crippen molar-refractivity contribution in [1.29, 1.82) is 0 Å². The number of nitrogens with zero attached hydrogens (tertiary/aromatic N) is 2. The topological polar surface area (TPSA) is 88.6 Å². The van der Waals surface area contributed by atoms with Crippen LogP contribution in [0.2, 0.25) is 5.02 Å². The first-order valence-electron chi connectivity index (χ1n) is 7.22. The minimum Gasteiger partial charge on any atom is -0.451 e. The van der Waals surface area contributed by atoms with Gasteiger partial charge in [-0.3, -0.25) is 9.59 Å². The normalized spacial score (nSPS) is 10.2. The van der Waals surface area contributed by atoms with Crippen molar-refractivity contribution in [3.8, 4) is 10.6 Å². The third-order valence-corrected chi connectivity index (χ3v) is 4.18. The van der Waals surface area contributed by atoms with Crippen molar-refractivity contribution in [2.45, 2.75) is 0 Å². The molecule has 2 aromatic rings. The van der Waals surface area contributed by atoms with E-state index >= 15 is 0 Å². The first-order chi connectivity index (χ1) is 11.9. The molecule has 1 aromatic heterocycles. The molecule has 0 aliphatic carbocycles. The number of halogens is 1. The summed E-state index contributed by atoms with van der Waals surface area (Å²) in [6.45, 7) is -0.636. The van der Waals surface area contributed by atoms with Gasteiger partial charge in [0.2, 0.25) is 5.91 Å². The van der Waals surface area contributed by atoms with Gasteiger partial charge in [0.25, 0.3) is 5.91 Å². The Balaban J connectivity index is 1.87. The van der Waals surface area contributed by atoms with Gasteiger partial charge in [0.15, 0.2) is 12.3 Å². The highest BCUT2D eigenvalue weighted by Gasteiger charge is 2.15. The molecule has 9 heteroatoms. The maximum atomic E-state index is 11.9. The SMILES string of the molecule is CN(C)C(=O)CNC(=O)COC(=O)c1csc(-c2cccc(Cl)c2)n1. The zero-order chi connectivity index (χ0) is 18.4. The Labute approximate surface area is 153 Å². The van der Waals surface area contributed by atoms with E-state index in [0.717, 1.165) is 5.56 Å². The summed E-state index contributed by atoms with van der Waals surface area (Å²) in [5.74, 6) is -1.53. The summed E-state index contributed by atoms with van der Waals surface area (Å²) in [5, 5.41) is 5.11. The third-order valence-electron chi connectivity index (χ3n) is 3.05. The zero-order valence-corrected chi connectivity index (χ0v) is 15.2. The van der Waals surface area contributed by atoms with Gasteiger partial charge in [0.1, 0.15) is 5.01 Å². The molecule has 0 atom stereocenters. The Kier molecular flexibility index (Phi) is 6.49. The van der Waals surface area contributed by atoms with Crippen LogP contribution < -0.4 is 5.32 Å². The summed E-state index contributed by atoms with van der Waals surface area (Å²) < 4.78 is 4.90. The smallest absolute Gasteiger partial charge is 0.358 e. The molecule has 0 unspecified atom stereocenters. The van der Waals surface area contributed by atoms with Gasteiger partial charge < -0.3 is 15.0 Å². The molecule has 0 spiro atoms. The number of ether oxygens (including phenoxy) is 1. The molecule has 25 heavy (non-hydrogen) atoms. The number of likely N-dealkylation sites (N-methyl/N-ethyl adjacent to an activating group) is 1. The number of carbonyl (C=O) groups excluding carboxylic acids is 3. The van der Waals surface area contributed by atoms with E-state index in [1.54, 1.807) is 37.7 Å². The lowest BCUT2D eigenvalue weighted by Gasteiger charge is -2.10. The van der Waals surface area contributed by atoms with Crippen molar-refractivity contribution >= 4 is 40.7 Å². The van der Waals surface area contributed by atoms with Crippen molar-refractivity contribution in [2.24, 2.45) is 0 Å². The van der Waals surface area contributed by atoms with Gasteiger partial charge in [0.05, 0.1) is 6.54 Å². The fourth-order valence-electron chi connectivity index (χ4n) is 1.71. The molecule has 1 N–H and O–H groups in total. The van der Waals surface area contributed by atoms with Crippen LogP contribution in [0.4, 0.5) is 0 Å². The average Bonchev–Trinajstić information content (AvgIpc) is 3.07. The number of hydrogen-bond acceptors (Lipinski definition) is 6. The fraction of sp³-hybridized carbons (Fsp3) is 0.250. The Morgan fingerprint density at radius 3 is 2.76 bits per heavy atom. The van der Waals surface area contributed by atoms with E-state index in [1.165, 1.54) is 16.2 Å². The van der Waals surface area contributed by atoms with Gasteiger partial charge >= 0.3 is 5.97 Å². The molecule has 132 valence electrons. The van der Waals surface area contributed by atoms with Crippen LogP contribution in [0.5, 0.6) is 0 Å². The summed E-state index contributed by atoms with van der Waals surface area (Å²) in [5.41, 5.74) is 0.897. The highest BCUT2D eigenvalue weighted by molar-refractivity contribution is 7.13. The van der Waals surface area contributed by atoms with Crippen molar-refractivity contribution in [2.75, 3.05) is 27.2 Å². The molecular formula is C16H16ClN3O4S. The summed E-state index contributed by atoms with van der Waals surface area (Å²) in [7, 11) is 3.16. The maximum absolute atomic E-state index is 11.9. The molecule has 1 heterocycles. The molecule has 2 amide bonds. The minimum absolute atomic E-state index is 0.108. The number of aromatic nitrogens is 1. The van der Waals surface area contributed by atoms with Crippen LogP contribution in [-0.4, -0.2) is 54.9 Å². The Morgan fingerprint density at radius 2 is 2.08 bits per heavy atom. The summed E-state index contributed by atoms with van der Waals surface area (Å²) in [6, 6.07) is 7.10. The van der Waals surface area contributed by atoms with Crippen molar-refractivity contribution in [1.82, 2.24) is 15.2 Å². The molecule has 0 bridgehead atoms. The van der Waals surface area contributed by atoms with Gasteiger partial charge in [0, 0.05) is 30.1 Å². The monoisotopic (exact) mass is 381 g/mol. The van der Waals surface area contributed by atoms with Gasteiger partial charge in [-0.15, -0.1) is 11.3 Å². The number of amides is 2. The lowest BCUT2D eigenvalue weighted by atomic mass is 10.2. The lowest BCUT2D eigenvalue weighted by Crippen LogP contribution is -2.38. The van der Waals surface area contributed by atoms with Crippen LogP contribution in [0.3, 0.4) is 0 Å². The number of benzene rings is 1. The predicted molar refractivity (Wildman–Crippen MR) is 94.5 cm³/mol. The number of hydrogen-bond donors (Lipinski definition) is 1. The van der Waals surface area contributed by atoms with Crippen LogP contribution in [-0.2, 0) is 14.3 Å². The predicted octanol–water partition coefficient (Wildman–Crippen LogP) is 1.82. The lowest BCUT2D eigenvalue weighted by molar-refractivity contribution is -0.131.